The molecular formula is C15H19BrClNO2. The van der Waals surface area contributed by atoms with E-state index in [9.17, 15) is 0 Å². The third kappa shape index (κ3) is 4.10. The van der Waals surface area contributed by atoms with Crippen molar-refractivity contribution in [1.82, 2.24) is 5.32 Å². The quantitative estimate of drug-likeness (QED) is 0.837. The van der Waals surface area contributed by atoms with E-state index in [0.29, 0.717) is 17.7 Å². The smallest absolute Gasteiger partial charge is 0.133 e. The van der Waals surface area contributed by atoms with Crippen LogP contribution in [0.5, 0.6) is 5.75 Å². The number of rotatable bonds is 6. The van der Waals surface area contributed by atoms with Crippen molar-refractivity contribution < 1.29 is 9.47 Å². The highest BCUT2D eigenvalue weighted by molar-refractivity contribution is 9.10. The van der Waals surface area contributed by atoms with Crippen molar-refractivity contribution in [3.05, 3.63) is 27.7 Å². The Morgan fingerprint density at radius 2 is 2.05 bits per heavy atom. The summed E-state index contributed by atoms with van der Waals surface area (Å²) in [6, 6.07) is 6.31. The molecule has 1 aliphatic heterocycles. The van der Waals surface area contributed by atoms with Crippen LogP contribution in [0.15, 0.2) is 22.7 Å². The Balaban J connectivity index is 1.42. The van der Waals surface area contributed by atoms with E-state index in [0.717, 1.165) is 35.7 Å². The Hall–Kier alpha value is -0.290. The Morgan fingerprint density at radius 1 is 1.25 bits per heavy atom. The second kappa shape index (κ2) is 6.65. The number of hydrogen-bond acceptors (Lipinski definition) is 3. The number of hydrogen-bond donors (Lipinski definition) is 1. The predicted octanol–water partition coefficient (Wildman–Crippen LogP) is 3.78. The highest BCUT2D eigenvalue weighted by atomic mass is 79.9. The Labute approximate surface area is 133 Å². The van der Waals surface area contributed by atoms with E-state index in [-0.39, 0.29) is 6.10 Å². The van der Waals surface area contributed by atoms with Crippen LogP contribution < -0.4 is 10.1 Å². The summed E-state index contributed by atoms with van der Waals surface area (Å²) in [7, 11) is 0. The first kappa shape index (κ1) is 14.6. The molecule has 1 N–H and O–H groups in total. The maximum Gasteiger partial charge on any atom is 0.133 e. The molecule has 2 aliphatic rings. The largest absolute Gasteiger partial charge is 0.490 e. The molecule has 2 unspecified atom stereocenters. The van der Waals surface area contributed by atoms with Gasteiger partial charge in [0.25, 0.3) is 0 Å². The van der Waals surface area contributed by atoms with Crippen LogP contribution in [0.25, 0.3) is 0 Å². The van der Waals surface area contributed by atoms with Crippen LogP contribution in [0.1, 0.15) is 25.7 Å². The number of benzene rings is 1. The number of nitrogens with one attached hydrogen (secondary N) is 1. The molecule has 2 atom stereocenters. The molecule has 1 saturated carbocycles. The SMILES string of the molecule is Clc1ccc(OCC2CCC(CNC3CC3)O2)c(Br)c1. The minimum Gasteiger partial charge on any atom is -0.490 e. The summed E-state index contributed by atoms with van der Waals surface area (Å²) < 4.78 is 12.7. The zero-order valence-corrected chi connectivity index (χ0v) is 13.6. The van der Waals surface area contributed by atoms with Gasteiger partial charge in [-0.1, -0.05) is 11.6 Å². The second-order valence-corrected chi connectivity index (χ2v) is 6.82. The Morgan fingerprint density at radius 3 is 2.80 bits per heavy atom. The fourth-order valence-corrected chi connectivity index (χ4v) is 3.21. The van der Waals surface area contributed by atoms with Crippen molar-refractivity contribution in [1.29, 1.82) is 0 Å². The summed E-state index contributed by atoms with van der Waals surface area (Å²) in [6.45, 7) is 1.58. The van der Waals surface area contributed by atoms with Gasteiger partial charge in [-0.15, -0.1) is 0 Å². The van der Waals surface area contributed by atoms with Crippen molar-refractivity contribution in [2.24, 2.45) is 0 Å². The van der Waals surface area contributed by atoms with Gasteiger partial charge in [-0.2, -0.15) is 0 Å². The van der Waals surface area contributed by atoms with Gasteiger partial charge in [0.15, 0.2) is 0 Å². The molecule has 1 aliphatic carbocycles. The van der Waals surface area contributed by atoms with Gasteiger partial charge in [0.1, 0.15) is 12.4 Å². The Bertz CT molecular complexity index is 467. The van der Waals surface area contributed by atoms with Crippen LogP contribution in [0.3, 0.4) is 0 Å². The minimum atomic E-state index is 0.198. The average Bonchev–Trinajstić information content (AvgIpc) is 3.14. The van der Waals surface area contributed by atoms with Crippen molar-refractivity contribution in [2.45, 2.75) is 43.9 Å². The fraction of sp³-hybridized carbons (Fsp3) is 0.600. The molecule has 0 aromatic heterocycles. The zero-order valence-electron chi connectivity index (χ0n) is 11.3. The first-order chi connectivity index (χ1) is 9.70. The third-order valence-electron chi connectivity index (χ3n) is 3.73. The van der Waals surface area contributed by atoms with E-state index < -0.39 is 0 Å². The van der Waals surface area contributed by atoms with Crippen LogP contribution in [-0.2, 0) is 4.74 Å². The molecule has 110 valence electrons. The molecule has 1 heterocycles. The van der Waals surface area contributed by atoms with Crippen LogP contribution in [0.4, 0.5) is 0 Å². The lowest BCUT2D eigenvalue weighted by molar-refractivity contribution is 0.0183. The van der Waals surface area contributed by atoms with E-state index in [1.807, 2.05) is 18.2 Å². The van der Waals surface area contributed by atoms with Crippen LogP contribution >= 0.6 is 27.5 Å². The van der Waals surface area contributed by atoms with Gasteiger partial charge in [0.05, 0.1) is 16.7 Å². The van der Waals surface area contributed by atoms with Gasteiger partial charge < -0.3 is 14.8 Å². The van der Waals surface area contributed by atoms with Crippen LogP contribution in [0, 0.1) is 0 Å². The maximum atomic E-state index is 6.00. The predicted molar refractivity (Wildman–Crippen MR) is 83.6 cm³/mol. The molecule has 1 aromatic rings. The van der Waals surface area contributed by atoms with Gasteiger partial charge in [-0.3, -0.25) is 0 Å². The third-order valence-corrected chi connectivity index (χ3v) is 4.58. The summed E-state index contributed by atoms with van der Waals surface area (Å²) in [6.07, 6.45) is 5.38. The summed E-state index contributed by atoms with van der Waals surface area (Å²) >= 11 is 9.37. The van der Waals surface area contributed by atoms with Crippen molar-refractivity contribution >= 4 is 27.5 Å². The average molecular weight is 361 g/mol. The van der Waals surface area contributed by atoms with E-state index in [2.05, 4.69) is 21.2 Å². The summed E-state index contributed by atoms with van der Waals surface area (Å²) in [5, 5.41) is 4.22. The topological polar surface area (TPSA) is 30.5 Å². The molecule has 5 heteroatoms. The first-order valence-corrected chi connectivity index (χ1v) is 8.34. The molecule has 3 nitrogen and oxygen atoms in total. The molecule has 0 amide bonds. The fourth-order valence-electron chi connectivity index (χ4n) is 2.41. The summed E-state index contributed by atoms with van der Waals surface area (Å²) in [5.74, 6) is 0.817. The van der Waals surface area contributed by atoms with Gasteiger partial charge in [0, 0.05) is 17.6 Å². The molecule has 1 saturated heterocycles. The molecule has 0 radical (unpaired) electrons. The summed E-state index contributed by atoms with van der Waals surface area (Å²) in [4.78, 5) is 0. The summed E-state index contributed by atoms with van der Waals surface area (Å²) in [5.41, 5.74) is 0. The van der Waals surface area contributed by atoms with E-state index in [4.69, 9.17) is 21.1 Å². The maximum absolute atomic E-state index is 6.00. The lowest BCUT2D eigenvalue weighted by Crippen LogP contribution is -2.29. The van der Waals surface area contributed by atoms with E-state index >= 15 is 0 Å². The minimum absolute atomic E-state index is 0.198. The van der Waals surface area contributed by atoms with Crippen molar-refractivity contribution in [3.63, 3.8) is 0 Å². The lowest BCUT2D eigenvalue weighted by atomic mass is 10.2. The van der Waals surface area contributed by atoms with Crippen molar-refractivity contribution in [2.75, 3.05) is 13.2 Å². The number of ether oxygens (including phenoxy) is 2. The molecule has 2 fully saturated rings. The van der Waals surface area contributed by atoms with Crippen molar-refractivity contribution in [3.8, 4) is 5.75 Å². The molecule has 0 bridgehead atoms. The van der Waals surface area contributed by atoms with Crippen LogP contribution in [-0.4, -0.2) is 31.4 Å². The molecule has 1 aromatic carbocycles. The molecule has 0 spiro atoms. The zero-order chi connectivity index (χ0) is 13.9. The highest BCUT2D eigenvalue weighted by Crippen LogP contribution is 2.29. The second-order valence-electron chi connectivity index (χ2n) is 5.53. The monoisotopic (exact) mass is 359 g/mol. The highest BCUT2D eigenvalue weighted by Gasteiger charge is 2.28. The van der Waals surface area contributed by atoms with E-state index in [1.165, 1.54) is 12.8 Å². The van der Waals surface area contributed by atoms with Crippen LogP contribution in [0.2, 0.25) is 5.02 Å². The lowest BCUT2D eigenvalue weighted by Gasteiger charge is -2.15. The normalized spacial score (nSPS) is 25.9. The van der Waals surface area contributed by atoms with Gasteiger partial charge >= 0.3 is 0 Å². The molecule has 20 heavy (non-hydrogen) atoms. The number of halogens is 2. The first-order valence-electron chi connectivity index (χ1n) is 7.17. The standard InChI is InChI=1S/C15H19BrClNO2/c16-14-7-10(17)1-6-15(14)19-9-13-5-4-12(20-13)8-18-11-2-3-11/h1,6-7,11-13,18H,2-5,8-9H2. The molecular weight excluding hydrogens is 342 g/mol. The van der Waals surface area contributed by atoms with Gasteiger partial charge in [-0.25, -0.2) is 0 Å². The van der Waals surface area contributed by atoms with Gasteiger partial charge in [-0.05, 0) is 59.8 Å². The Kier molecular flexibility index (Phi) is 4.87. The van der Waals surface area contributed by atoms with Gasteiger partial charge in [0.2, 0.25) is 0 Å². The molecule has 3 rings (SSSR count). The van der Waals surface area contributed by atoms with E-state index in [1.54, 1.807) is 0 Å².